The van der Waals surface area contributed by atoms with Gasteiger partial charge in [0.25, 0.3) is 0 Å². The number of rotatable bonds is 8. The summed E-state index contributed by atoms with van der Waals surface area (Å²) in [6.45, 7) is 11.2. The van der Waals surface area contributed by atoms with E-state index in [9.17, 15) is 19.6 Å². The van der Waals surface area contributed by atoms with Crippen LogP contribution in [0.1, 0.15) is 66.7 Å². The third kappa shape index (κ3) is 4.36. The van der Waals surface area contributed by atoms with Gasteiger partial charge in [-0.05, 0) is 63.7 Å². The number of likely N-dealkylation sites (tertiary alicyclic amines) is 1. The molecule has 0 spiro atoms. The van der Waals surface area contributed by atoms with Crippen molar-refractivity contribution < 1.29 is 19.1 Å². The Morgan fingerprint density at radius 2 is 1.97 bits per heavy atom. The van der Waals surface area contributed by atoms with E-state index in [2.05, 4.69) is 37.5 Å². The lowest BCUT2D eigenvalue weighted by Gasteiger charge is -2.31. The lowest BCUT2D eigenvalue weighted by Crippen LogP contribution is -2.52. The number of piperidine rings is 1. The number of fused-ring (bicyclic) bond motifs is 1. The van der Waals surface area contributed by atoms with Crippen LogP contribution in [0.25, 0.3) is 0 Å². The largest absolute Gasteiger partial charge is 0.375 e. The zero-order valence-electron chi connectivity index (χ0n) is 19.9. The molecule has 2 saturated heterocycles. The zero-order valence-corrected chi connectivity index (χ0v) is 19.9. The van der Waals surface area contributed by atoms with Crippen molar-refractivity contribution in [3.8, 4) is 6.07 Å². The average molecular weight is 445 g/mol. The molecule has 32 heavy (non-hydrogen) atoms. The highest BCUT2D eigenvalue weighted by atomic mass is 16.5. The van der Waals surface area contributed by atoms with Crippen molar-refractivity contribution in [1.82, 2.24) is 15.5 Å². The van der Waals surface area contributed by atoms with Gasteiger partial charge in [-0.1, -0.05) is 13.8 Å². The molecule has 2 saturated carbocycles. The van der Waals surface area contributed by atoms with E-state index >= 15 is 0 Å². The minimum Gasteiger partial charge on any atom is -0.375 e. The van der Waals surface area contributed by atoms with Gasteiger partial charge in [-0.2, -0.15) is 5.26 Å². The molecule has 2 heterocycles. The molecule has 8 heteroatoms. The Bertz CT molecular complexity index is 857. The first-order valence-electron chi connectivity index (χ1n) is 11.8. The van der Waals surface area contributed by atoms with Gasteiger partial charge in [-0.25, -0.2) is 0 Å². The molecule has 0 aromatic heterocycles. The van der Waals surface area contributed by atoms with Crippen molar-refractivity contribution in [2.24, 2.45) is 23.2 Å². The molecular formula is C24H36N4O4. The quantitative estimate of drug-likeness (QED) is 0.592. The van der Waals surface area contributed by atoms with Gasteiger partial charge >= 0.3 is 0 Å². The Morgan fingerprint density at radius 3 is 2.53 bits per heavy atom. The molecule has 4 rings (SSSR count). The van der Waals surface area contributed by atoms with Gasteiger partial charge in [-0.3, -0.25) is 14.4 Å². The fraction of sp³-hybridized carbons (Fsp3) is 0.833. The van der Waals surface area contributed by atoms with Crippen molar-refractivity contribution in [2.75, 3.05) is 13.2 Å². The lowest BCUT2D eigenvalue weighted by molar-refractivity contribution is -0.141. The molecule has 8 nitrogen and oxygen atoms in total. The maximum absolute atomic E-state index is 13.3. The molecule has 0 unspecified atom stereocenters. The molecule has 2 N–H and O–H groups in total. The maximum Gasteiger partial charge on any atom is 0.244 e. The normalized spacial score (nSPS) is 33.6. The Morgan fingerprint density at radius 1 is 1.28 bits per heavy atom. The number of ether oxygens (including phenoxy) is 1. The second kappa shape index (κ2) is 7.72. The van der Waals surface area contributed by atoms with Gasteiger partial charge in [-0.15, -0.1) is 0 Å². The van der Waals surface area contributed by atoms with E-state index in [1.807, 2.05) is 13.8 Å². The van der Waals surface area contributed by atoms with Gasteiger partial charge in [0.05, 0.1) is 24.7 Å². The van der Waals surface area contributed by atoms with Gasteiger partial charge in [0.1, 0.15) is 12.1 Å². The maximum atomic E-state index is 13.3. The zero-order chi connectivity index (χ0) is 23.5. The van der Waals surface area contributed by atoms with Crippen LogP contribution in [-0.4, -0.2) is 59.0 Å². The fourth-order valence-electron chi connectivity index (χ4n) is 5.76. The van der Waals surface area contributed by atoms with Gasteiger partial charge in [0.15, 0.2) is 0 Å². The van der Waals surface area contributed by atoms with Crippen molar-refractivity contribution in [2.45, 2.75) is 89.9 Å². The molecular weight excluding hydrogens is 408 g/mol. The van der Waals surface area contributed by atoms with E-state index in [1.165, 1.54) is 0 Å². The topological polar surface area (TPSA) is 112 Å². The smallest absolute Gasteiger partial charge is 0.244 e. The lowest BCUT2D eigenvalue weighted by atomic mass is 9.91. The van der Waals surface area contributed by atoms with Gasteiger partial charge < -0.3 is 20.3 Å². The SMILES string of the molecule is CC1(C)C[C@@H](C[C@@H](C#N)NC(=O)[C@H]2[C@@H]3[C@H](CN2C(=O)CCOC2(C)CC2)C3(C)C)C(=O)N1. The Balaban J connectivity index is 1.38. The highest BCUT2D eigenvalue weighted by molar-refractivity contribution is 5.90. The highest BCUT2D eigenvalue weighted by Crippen LogP contribution is 2.64. The summed E-state index contributed by atoms with van der Waals surface area (Å²) < 4.78 is 5.80. The van der Waals surface area contributed by atoms with Crippen LogP contribution < -0.4 is 10.6 Å². The second-order valence-corrected chi connectivity index (χ2v) is 11.7. The molecule has 4 fully saturated rings. The van der Waals surface area contributed by atoms with Crippen molar-refractivity contribution in [3.05, 3.63) is 0 Å². The van der Waals surface area contributed by atoms with Crippen molar-refractivity contribution >= 4 is 17.7 Å². The van der Waals surface area contributed by atoms with E-state index in [1.54, 1.807) is 4.90 Å². The summed E-state index contributed by atoms with van der Waals surface area (Å²) in [5.74, 6) is -0.330. The van der Waals surface area contributed by atoms with Crippen LogP contribution in [0.3, 0.4) is 0 Å². The Kier molecular flexibility index (Phi) is 5.56. The van der Waals surface area contributed by atoms with E-state index < -0.39 is 12.1 Å². The first kappa shape index (κ1) is 23.0. The number of carbonyl (C=O) groups is 3. The van der Waals surface area contributed by atoms with Gasteiger partial charge in [0, 0.05) is 18.0 Å². The number of amides is 3. The minimum absolute atomic E-state index is 0.00821. The monoisotopic (exact) mass is 444 g/mol. The molecule has 4 aliphatic rings. The predicted octanol–water partition coefficient (Wildman–Crippen LogP) is 1.74. The molecule has 176 valence electrons. The van der Waals surface area contributed by atoms with Crippen LogP contribution >= 0.6 is 0 Å². The number of hydrogen-bond acceptors (Lipinski definition) is 5. The van der Waals surface area contributed by atoms with Crippen LogP contribution in [0, 0.1) is 34.5 Å². The Labute approximate surface area is 190 Å². The van der Waals surface area contributed by atoms with Crippen LogP contribution in [0.2, 0.25) is 0 Å². The van der Waals surface area contributed by atoms with Crippen LogP contribution in [-0.2, 0) is 19.1 Å². The van der Waals surface area contributed by atoms with E-state index in [4.69, 9.17) is 4.74 Å². The summed E-state index contributed by atoms with van der Waals surface area (Å²) in [6, 6.07) is 0.820. The number of nitriles is 1. The highest BCUT2D eigenvalue weighted by Gasteiger charge is 2.69. The fourth-order valence-corrected chi connectivity index (χ4v) is 5.76. The van der Waals surface area contributed by atoms with E-state index in [0.717, 1.165) is 12.8 Å². The third-order valence-corrected chi connectivity index (χ3v) is 8.10. The Hall–Kier alpha value is -2.14. The standard InChI is InChI=1S/C24H36N4O4/c1-22(2)11-14(20(30)27-22)10-15(12-25)26-21(31)19-18-16(23(18,3)4)13-28(19)17(29)6-9-32-24(5)7-8-24/h14-16,18-19H,6-11,13H2,1-5H3,(H,26,31)(H,27,30)/t14-,15+,16+,18+,19-/m1/s1. The molecule has 0 aromatic carbocycles. The van der Waals surface area contributed by atoms with Crippen molar-refractivity contribution in [1.29, 1.82) is 5.26 Å². The predicted molar refractivity (Wildman–Crippen MR) is 117 cm³/mol. The molecule has 2 aliphatic carbocycles. The van der Waals surface area contributed by atoms with Crippen LogP contribution in [0.5, 0.6) is 0 Å². The summed E-state index contributed by atoms with van der Waals surface area (Å²) in [7, 11) is 0. The summed E-state index contributed by atoms with van der Waals surface area (Å²) in [5, 5.41) is 15.4. The number of nitrogens with one attached hydrogen (secondary N) is 2. The minimum atomic E-state index is -0.761. The van der Waals surface area contributed by atoms with E-state index in [-0.39, 0.29) is 59.0 Å². The van der Waals surface area contributed by atoms with Crippen molar-refractivity contribution in [3.63, 3.8) is 0 Å². The number of nitrogens with zero attached hydrogens (tertiary/aromatic N) is 2. The van der Waals surface area contributed by atoms with Crippen LogP contribution in [0.4, 0.5) is 0 Å². The molecule has 5 atom stereocenters. The first-order valence-corrected chi connectivity index (χ1v) is 11.8. The summed E-state index contributed by atoms with van der Waals surface area (Å²) in [4.78, 5) is 40.2. The van der Waals surface area contributed by atoms with E-state index in [0.29, 0.717) is 25.5 Å². The average Bonchev–Trinajstić information content (AvgIpc) is 3.40. The van der Waals surface area contributed by atoms with Gasteiger partial charge in [0.2, 0.25) is 17.7 Å². The number of carbonyl (C=O) groups excluding carboxylic acids is 3. The first-order chi connectivity index (χ1) is 14.9. The summed E-state index contributed by atoms with van der Waals surface area (Å²) in [6.07, 6.45) is 3.23. The third-order valence-electron chi connectivity index (χ3n) is 8.10. The molecule has 0 bridgehead atoms. The number of hydrogen-bond donors (Lipinski definition) is 2. The van der Waals surface area contributed by atoms with Crippen LogP contribution in [0.15, 0.2) is 0 Å². The summed E-state index contributed by atoms with van der Waals surface area (Å²) in [5.41, 5.74) is -0.368. The molecule has 0 aromatic rings. The molecule has 0 radical (unpaired) electrons. The molecule has 2 aliphatic heterocycles. The second-order valence-electron chi connectivity index (χ2n) is 11.7. The molecule has 3 amide bonds. The summed E-state index contributed by atoms with van der Waals surface area (Å²) >= 11 is 0.